The van der Waals surface area contributed by atoms with E-state index in [1.165, 1.54) is 11.1 Å². The summed E-state index contributed by atoms with van der Waals surface area (Å²) in [6, 6.07) is 20.5. The standard InChI is InChI=1S/C24H22/c1(3-5-7-11-17-23-19-13-9-14-20-23)2-4-6-8-12-18-24-21-15-10-16-22-24/h1-22H. The van der Waals surface area contributed by atoms with Gasteiger partial charge in [0.05, 0.1) is 0 Å². The van der Waals surface area contributed by atoms with Crippen molar-refractivity contribution >= 4 is 12.2 Å². The molecule has 0 fully saturated rings. The minimum absolute atomic E-state index is 1.21. The summed E-state index contributed by atoms with van der Waals surface area (Å²) < 4.78 is 0. The van der Waals surface area contributed by atoms with Gasteiger partial charge in [-0.25, -0.2) is 0 Å². The first kappa shape index (κ1) is 17.2. The molecule has 24 heavy (non-hydrogen) atoms. The molecule has 0 saturated carbocycles. The van der Waals surface area contributed by atoms with Gasteiger partial charge in [0.15, 0.2) is 0 Å². The second kappa shape index (κ2) is 11.4. The molecule has 0 heterocycles. The van der Waals surface area contributed by atoms with Gasteiger partial charge in [-0.1, -0.05) is 134 Å². The van der Waals surface area contributed by atoms with Crippen LogP contribution in [0.2, 0.25) is 0 Å². The van der Waals surface area contributed by atoms with Crippen LogP contribution < -0.4 is 0 Å². The third kappa shape index (κ3) is 7.77. The highest BCUT2D eigenvalue weighted by atomic mass is 13.9. The lowest BCUT2D eigenvalue weighted by atomic mass is 10.2. The van der Waals surface area contributed by atoms with Crippen LogP contribution in [0.5, 0.6) is 0 Å². The van der Waals surface area contributed by atoms with Gasteiger partial charge in [0, 0.05) is 0 Å². The van der Waals surface area contributed by atoms with Crippen LogP contribution in [0.25, 0.3) is 12.2 Å². The zero-order valence-corrected chi connectivity index (χ0v) is 13.7. The molecule has 0 saturated heterocycles. The molecule has 0 unspecified atom stereocenters. The van der Waals surface area contributed by atoms with Crippen LogP contribution in [0, 0.1) is 0 Å². The molecule has 0 aliphatic carbocycles. The maximum Gasteiger partial charge on any atom is -0.0257 e. The van der Waals surface area contributed by atoms with Crippen LogP contribution in [0.15, 0.2) is 121 Å². The Labute approximate surface area is 145 Å². The third-order valence-corrected chi connectivity index (χ3v) is 3.18. The van der Waals surface area contributed by atoms with Gasteiger partial charge in [0.25, 0.3) is 0 Å². The monoisotopic (exact) mass is 310 g/mol. The van der Waals surface area contributed by atoms with Crippen molar-refractivity contribution in [2.45, 2.75) is 0 Å². The Kier molecular flexibility index (Phi) is 8.22. The molecule has 0 nitrogen and oxygen atoms in total. The molecule has 2 rings (SSSR count). The van der Waals surface area contributed by atoms with Crippen molar-refractivity contribution in [1.29, 1.82) is 0 Å². The minimum Gasteiger partial charge on any atom is -0.0623 e. The molecule has 2 aromatic rings. The lowest BCUT2D eigenvalue weighted by molar-refractivity contribution is 1.66. The van der Waals surface area contributed by atoms with Crippen LogP contribution in [0.1, 0.15) is 11.1 Å². The molecule has 0 aliphatic heterocycles. The van der Waals surface area contributed by atoms with Gasteiger partial charge in [-0.2, -0.15) is 0 Å². The maximum atomic E-state index is 2.09. The number of benzene rings is 2. The van der Waals surface area contributed by atoms with Crippen molar-refractivity contribution in [3.63, 3.8) is 0 Å². The smallest absolute Gasteiger partial charge is 0.0257 e. The van der Waals surface area contributed by atoms with E-state index in [-0.39, 0.29) is 0 Å². The van der Waals surface area contributed by atoms with Crippen molar-refractivity contribution in [1.82, 2.24) is 0 Å². The molecular formula is C24H22. The Hall–Kier alpha value is -3.12. The molecule has 0 spiro atoms. The maximum absolute atomic E-state index is 2.09. The predicted molar refractivity (Wildman–Crippen MR) is 108 cm³/mol. The van der Waals surface area contributed by atoms with E-state index in [1.807, 2.05) is 97.2 Å². The molecule has 0 atom stereocenters. The lowest BCUT2D eigenvalue weighted by Crippen LogP contribution is -1.66. The van der Waals surface area contributed by atoms with Gasteiger partial charge >= 0.3 is 0 Å². The molecule has 0 amide bonds. The van der Waals surface area contributed by atoms with Gasteiger partial charge in [0.1, 0.15) is 0 Å². The zero-order chi connectivity index (χ0) is 16.7. The van der Waals surface area contributed by atoms with Crippen molar-refractivity contribution in [2.24, 2.45) is 0 Å². The van der Waals surface area contributed by atoms with Crippen molar-refractivity contribution in [3.05, 3.63) is 133 Å². The van der Waals surface area contributed by atoms with E-state index in [2.05, 4.69) is 36.4 Å². The number of allylic oxidation sites excluding steroid dienone is 10. The van der Waals surface area contributed by atoms with Crippen LogP contribution in [-0.2, 0) is 0 Å². The second-order valence-corrected chi connectivity index (χ2v) is 5.08. The highest BCUT2D eigenvalue weighted by Crippen LogP contribution is 2.01. The second-order valence-electron chi connectivity index (χ2n) is 5.08. The summed E-state index contributed by atoms with van der Waals surface area (Å²) in [6.45, 7) is 0. The number of hydrogen-bond donors (Lipinski definition) is 0. The Bertz CT molecular complexity index is 672. The Balaban J connectivity index is 1.67. The highest BCUT2D eigenvalue weighted by molar-refractivity contribution is 5.51. The fourth-order valence-electron chi connectivity index (χ4n) is 1.97. The number of hydrogen-bond acceptors (Lipinski definition) is 0. The highest BCUT2D eigenvalue weighted by Gasteiger charge is 1.79. The molecule has 0 aliphatic rings. The minimum atomic E-state index is 1.21. The average molecular weight is 310 g/mol. The van der Waals surface area contributed by atoms with Crippen LogP contribution in [-0.4, -0.2) is 0 Å². The molecule has 0 N–H and O–H groups in total. The Morgan fingerprint density at radius 2 is 0.625 bits per heavy atom. The van der Waals surface area contributed by atoms with Gasteiger partial charge in [-0.15, -0.1) is 0 Å². The summed E-state index contributed by atoms with van der Waals surface area (Å²) >= 11 is 0. The molecule has 0 bridgehead atoms. The summed E-state index contributed by atoms with van der Waals surface area (Å²) in [6.07, 6.45) is 24.4. The third-order valence-electron chi connectivity index (χ3n) is 3.18. The van der Waals surface area contributed by atoms with E-state index in [1.54, 1.807) is 0 Å². The Morgan fingerprint density at radius 1 is 0.333 bits per heavy atom. The van der Waals surface area contributed by atoms with E-state index in [0.717, 1.165) is 0 Å². The van der Waals surface area contributed by atoms with Crippen LogP contribution in [0.3, 0.4) is 0 Å². The van der Waals surface area contributed by atoms with Crippen LogP contribution >= 0.6 is 0 Å². The topological polar surface area (TPSA) is 0 Å². The van der Waals surface area contributed by atoms with Gasteiger partial charge in [0.2, 0.25) is 0 Å². The predicted octanol–water partition coefficient (Wildman–Crippen LogP) is 6.64. The summed E-state index contributed by atoms with van der Waals surface area (Å²) in [4.78, 5) is 0. The molecule has 0 heteroatoms. The molecule has 0 aromatic heterocycles. The summed E-state index contributed by atoms with van der Waals surface area (Å²) in [7, 11) is 0. The van der Waals surface area contributed by atoms with E-state index >= 15 is 0 Å². The molecule has 118 valence electrons. The Morgan fingerprint density at radius 3 is 0.958 bits per heavy atom. The van der Waals surface area contributed by atoms with Crippen molar-refractivity contribution in [2.75, 3.05) is 0 Å². The normalized spacial score (nSPS) is 12.8. The van der Waals surface area contributed by atoms with Crippen LogP contribution in [0.4, 0.5) is 0 Å². The SMILES string of the molecule is C(C=CC=CC=Cc1ccccc1)=CC=CC=Cc1ccccc1. The fourth-order valence-corrected chi connectivity index (χ4v) is 1.97. The van der Waals surface area contributed by atoms with Gasteiger partial charge in [-0.05, 0) is 11.1 Å². The van der Waals surface area contributed by atoms with E-state index in [0.29, 0.717) is 0 Å². The summed E-state index contributed by atoms with van der Waals surface area (Å²) in [5, 5.41) is 0. The largest absolute Gasteiger partial charge is 0.0623 e. The van der Waals surface area contributed by atoms with Crippen molar-refractivity contribution < 1.29 is 0 Å². The lowest BCUT2D eigenvalue weighted by Gasteiger charge is -1.88. The van der Waals surface area contributed by atoms with E-state index in [4.69, 9.17) is 0 Å². The average Bonchev–Trinajstić information content (AvgIpc) is 2.64. The van der Waals surface area contributed by atoms with Gasteiger partial charge in [-0.3, -0.25) is 0 Å². The summed E-state index contributed by atoms with van der Waals surface area (Å²) in [5.74, 6) is 0. The quantitative estimate of drug-likeness (QED) is 0.503. The first-order valence-corrected chi connectivity index (χ1v) is 8.07. The van der Waals surface area contributed by atoms with Crippen molar-refractivity contribution in [3.8, 4) is 0 Å². The summed E-state index contributed by atoms with van der Waals surface area (Å²) in [5.41, 5.74) is 2.42. The van der Waals surface area contributed by atoms with E-state index in [9.17, 15) is 0 Å². The van der Waals surface area contributed by atoms with Gasteiger partial charge < -0.3 is 0 Å². The van der Waals surface area contributed by atoms with E-state index < -0.39 is 0 Å². The molecular weight excluding hydrogens is 288 g/mol. The first-order chi connectivity index (χ1) is 11.9. The fraction of sp³-hybridized carbons (Fsp3) is 0. The molecule has 0 radical (unpaired) electrons. The number of rotatable bonds is 7. The molecule has 2 aromatic carbocycles. The first-order valence-electron chi connectivity index (χ1n) is 8.07. The zero-order valence-electron chi connectivity index (χ0n) is 13.7.